The molecule has 0 aromatic rings. The fourth-order valence-electron chi connectivity index (χ4n) is 3.22. The first-order valence-corrected chi connectivity index (χ1v) is 7.52. The molecule has 1 saturated carbocycles. The summed E-state index contributed by atoms with van der Waals surface area (Å²) in [6.07, 6.45) is 8.39. The molecule has 4 heteroatoms. The van der Waals surface area contributed by atoms with Gasteiger partial charge in [0.25, 0.3) is 0 Å². The molecule has 1 heterocycles. The smallest absolute Gasteiger partial charge is 0.224 e. The predicted molar refractivity (Wildman–Crippen MR) is 73.2 cm³/mol. The van der Waals surface area contributed by atoms with Crippen molar-refractivity contribution in [2.24, 2.45) is 11.7 Å². The van der Waals surface area contributed by atoms with E-state index in [1.165, 1.54) is 32.1 Å². The highest BCUT2D eigenvalue weighted by Gasteiger charge is 2.27. The van der Waals surface area contributed by atoms with E-state index in [0.717, 1.165) is 32.5 Å². The first-order chi connectivity index (χ1) is 8.79. The monoisotopic (exact) mass is 253 g/mol. The number of hydrogen-bond donors (Lipinski definition) is 2. The van der Waals surface area contributed by atoms with Crippen LogP contribution in [0.5, 0.6) is 0 Å². The lowest BCUT2D eigenvalue weighted by atomic mass is 9.93. The molecule has 1 amide bonds. The van der Waals surface area contributed by atoms with Gasteiger partial charge in [0.15, 0.2) is 0 Å². The maximum atomic E-state index is 12.2. The minimum absolute atomic E-state index is 0.187. The van der Waals surface area contributed by atoms with E-state index in [0.29, 0.717) is 12.6 Å². The molecule has 0 bridgehead atoms. The number of likely N-dealkylation sites (tertiary alicyclic amines) is 1. The van der Waals surface area contributed by atoms with Crippen molar-refractivity contribution < 1.29 is 4.79 Å². The Balaban J connectivity index is 1.76. The first kappa shape index (κ1) is 13.8. The molecule has 2 fully saturated rings. The fraction of sp³-hybridized carbons (Fsp3) is 0.929. The molecule has 2 aliphatic rings. The number of rotatable bonds is 4. The largest absolute Gasteiger partial charge is 0.353 e. The standard InChI is InChI=1S/C14H27N3O/c15-8-10-17-9-4-5-12(11-17)14(18)16-13-6-2-1-3-7-13/h12-13H,1-11,15H2,(H,16,18). The molecular formula is C14H27N3O. The molecule has 104 valence electrons. The van der Waals surface area contributed by atoms with Crippen LogP contribution in [0.4, 0.5) is 0 Å². The number of carbonyl (C=O) groups excluding carboxylic acids is 1. The summed E-state index contributed by atoms with van der Waals surface area (Å²) in [5, 5.41) is 3.25. The highest BCUT2D eigenvalue weighted by molar-refractivity contribution is 5.79. The SMILES string of the molecule is NCCN1CCCC(C(=O)NC2CCCCC2)C1. The third-order valence-corrected chi connectivity index (χ3v) is 4.27. The summed E-state index contributed by atoms with van der Waals surface area (Å²) in [5.41, 5.74) is 5.59. The van der Waals surface area contributed by atoms with Gasteiger partial charge >= 0.3 is 0 Å². The predicted octanol–water partition coefficient (Wildman–Crippen LogP) is 1.11. The number of nitrogens with one attached hydrogen (secondary N) is 1. The maximum absolute atomic E-state index is 12.2. The second-order valence-electron chi connectivity index (χ2n) is 5.77. The summed E-state index contributed by atoms with van der Waals surface area (Å²) >= 11 is 0. The molecule has 2 rings (SSSR count). The van der Waals surface area contributed by atoms with Gasteiger partial charge in [0.1, 0.15) is 0 Å². The van der Waals surface area contributed by atoms with E-state index in [1.54, 1.807) is 0 Å². The average molecular weight is 253 g/mol. The van der Waals surface area contributed by atoms with Gasteiger partial charge < -0.3 is 16.0 Å². The number of amides is 1. The zero-order valence-corrected chi connectivity index (χ0v) is 11.4. The second kappa shape index (κ2) is 7.10. The number of piperidine rings is 1. The second-order valence-corrected chi connectivity index (χ2v) is 5.77. The van der Waals surface area contributed by atoms with Crippen molar-refractivity contribution in [1.82, 2.24) is 10.2 Å². The third kappa shape index (κ3) is 3.95. The Morgan fingerprint density at radius 2 is 1.94 bits per heavy atom. The van der Waals surface area contributed by atoms with Crippen LogP contribution in [0.2, 0.25) is 0 Å². The van der Waals surface area contributed by atoms with E-state index < -0.39 is 0 Å². The van der Waals surface area contributed by atoms with Crippen LogP contribution in [0.3, 0.4) is 0 Å². The molecule has 0 radical (unpaired) electrons. The quantitative estimate of drug-likeness (QED) is 0.789. The van der Waals surface area contributed by atoms with Crippen LogP contribution in [0.1, 0.15) is 44.9 Å². The Kier molecular flexibility index (Phi) is 5.45. The Morgan fingerprint density at radius 1 is 1.17 bits per heavy atom. The molecule has 1 aliphatic heterocycles. The normalized spacial score (nSPS) is 27.1. The van der Waals surface area contributed by atoms with Crippen molar-refractivity contribution in [3.8, 4) is 0 Å². The van der Waals surface area contributed by atoms with Crippen molar-refractivity contribution in [1.29, 1.82) is 0 Å². The summed E-state index contributed by atoms with van der Waals surface area (Å²) in [6, 6.07) is 0.441. The molecule has 0 aromatic carbocycles. The third-order valence-electron chi connectivity index (χ3n) is 4.27. The van der Waals surface area contributed by atoms with E-state index in [1.807, 2.05) is 0 Å². The van der Waals surface area contributed by atoms with Gasteiger partial charge in [0.2, 0.25) is 5.91 Å². The van der Waals surface area contributed by atoms with Crippen LogP contribution in [0, 0.1) is 5.92 Å². The van der Waals surface area contributed by atoms with Gasteiger partial charge in [-0.05, 0) is 32.2 Å². The molecule has 18 heavy (non-hydrogen) atoms. The molecule has 0 spiro atoms. The maximum Gasteiger partial charge on any atom is 0.224 e. The summed E-state index contributed by atoms with van der Waals surface area (Å²) in [7, 11) is 0. The minimum atomic E-state index is 0.187. The minimum Gasteiger partial charge on any atom is -0.353 e. The van der Waals surface area contributed by atoms with Gasteiger partial charge in [-0.15, -0.1) is 0 Å². The number of nitrogens with two attached hydrogens (primary N) is 1. The van der Waals surface area contributed by atoms with E-state index in [2.05, 4.69) is 10.2 Å². The molecule has 4 nitrogen and oxygen atoms in total. The zero-order chi connectivity index (χ0) is 12.8. The van der Waals surface area contributed by atoms with Crippen molar-refractivity contribution in [2.75, 3.05) is 26.2 Å². The van der Waals surface area contributed by atoms with Gasteiger partial charge in [-0.25, -0.2) is 0 Å². The van der Waals surface area contributed by atoms with Gasteiger partial charge in [-0.2, -0.15) is 0 Å². The lowest BCUT2D eigenvalue weighted by Gasteiger charge is -2.33. The van der Waals surface area contributed by atoms with E-state index in [9.17, 15) is 4.79 Å². The molecular weight excluding hydrogens is 226 g/mol. The van der Waals surface area contributed by atoms with E-state index >= 15 is 0 Å². The summed E-state index contributed by atoms with van der Waals surface area (Å²) in [5.74, 6) is 0.468. The fourth-order valence-corrected chi connectivity index (χ4v) is 3.22. The number of carbonyl (C=O) groups is 1. The number of nitrogens with zero attached hydrogens (tertiary/aromatic N) is 1. The van der Waals surface area contributed by atoms with E-state index in [-0.39, 0.29) is 11.8 Å². The lowest BCUT2D eigenvalue weighted by Crippen LogP contribution is -2.47. The average Bonchev–Trinajstić information content (AvgIpc) is 2.40. The van der Waals surface area contributed by atoms with Gasteiger partial charge in [-0.3, -0.25) is 4.79 Å². The Bertz CT molecular complexity index is 262. The molecule has 1 atom stereocenters. The van der Waals surface area contributed by atoms with Crippen LogP contribution >= 0.6 is 0 Å². The summed E-state index contributed by atoms with van der Waals surface area (Å²) in [6.45, 7) is 3.62. The highest BCUT2D eigenvalue weighted by Crippen LogP contribution is 2.20. The van der Waals surface area contributed by atoms with Crippen molar-refractivity contribution in [3.63, 3.8) is 0 Å². The zero-order valence-electron chi connectivity index (χ0n) is 11.4. The highest BCUT2D eigenvalue weighted by atomic mass is 16.2. The molecule has 3 N–H and O–H groups in total. The Morgan fingerprint density at radius 3 is 2.67 bits per heavy atom. The topological polar surface area (TPSA) is 58.4 Å². The van der Waals surface area contributed by atoms with E-state index in [4.69, 9.17) is 5.73 Å². The lowest BCUT2D eigenvalue weighted by molar-refractivity contribution is -0.127. The van der Waals surface area contributed by atoms with Gasteiger partial charge in [-0.1, -0.05) is 19.3 Å². The van der Waals surface area contributed by atoms with Crippen molar-refractivity contribution in [3.05, 3.63) is 0 Å². The van der Waals surface area contributed by atoms with Crippen LogP contribution in [0.25, 0.3) is 0 Å². The molecule has 1 saturated heterocycles. The van der Waals surface area contributed by atoms with Gasteiger partial charge in [0.05, 0.1) is 5.92 Å². The summed E-state index contributed by atoms with van der Waals surface area (Å²) < 4.78 is 0. The van der Waals surface area contributed by atoms with Crippen LogP contribution in [-0.2, 0) is 4.79 Å². The Hall–Kier alpha value is -0.610. The molecule has 1 aliphatic carbocycles. The molecule has 0 aromatic heterocycles. The van der Waals surface area contributed by atoms with Crippen LogP contribution < -0.4 is 11.1 Å². The first-order valence-electron chi connectivity index (χ1n) is 7.52. The molecule has 1 unspecified atom stereocenters. The van der Waals surface area contributed by atoms with Crippen molar-refractivity contribution in [2.45, 2.75) is 51.0 Å². The van der Waals surface area contributed by atoms with Crippen LogP contribution in [-0.4, -0.2) is 43.0 Å². The number of hydrogen-bond acceptors (Lipinski definition) is 3. The Labute approximate surface area is 110 Å². The van der Waals surface area contributed by atoms with Crippen molar-refractivity contribution >= 4 is 5.91 Å². The summed E-state index contributed by atoms with van der Waals surface area (Å²) in [4.78, 5) is 14.6. The van der Waals surface area contributed by atoms with Gasteiger partial charge in [0, 0.05) is 25.7 Å². The van der Waals surface area contributed by atoms with Crippen LogP contribution in [0.15, 0.2) is 0 Å².